The highest BCUT2D eigenvalue weighted by molar-refractivity contribution is 5.76. The third-order valence-corrected chi connectivity index (χ3v) is 4.43. The summed E-state index contributed by atoms with van der Waals surface area (Å²) in [5.41, 5.74) is 3.97. The number of benzene rings is 2. The van der Waals surface area contributed by atoms with Crippen molar-refractivity contribution < 1.29 is 4.79 Å². The number of carbonyl (C=O) groups excluding carboxylic acids is 1. The van der Waals surface area contributed by atoms with Crippen molar-refractivity contribution in [3.05, 3.63) is 71.3 Å². The summed E-state index contributed by atoms with van der Waals surface area (Å²) in [5.74, 6) is 0.457. The zero-order chi connectivity index (χ0) is 17.6. The van der Waals surface area contributed by atoms with Crippen LogP contribution < -0.4 is 5.32 Å². The molecule has 0 heterocycles. The van der Waals surface area contributed by atoms with E-state index in [1.54, 1.807) is 0 Å². The molecule has 2 aromatic rings. The molecule has 0 aromatic heterocycles. The van der Waals surface area contributed by atoms with Crippen LogP contribution in [0.15, 0.2) is 54.6 Å². The minimum absolute atomic E-state index is 0.123. The molecule has 2 aromatic carbocycles. The lowest BCUT2D eigenvalue weighted by molar-refractivity contribution is -0.121. The van der Waals surface area contributed by atoms with Gasteiger partial charge in [0.05, 0.1) is 0 Å². The Morgan fingerprint density at radius 2 is 1.62 bits per heavy atom. The third-order valence-electron chi connectivity index (χ3n) is 4.43. The number of hydrogen-bond donors (Lipinski definition) is 1. The smallest absolute Gasteiger partial charge is 0.220 e. The molecule has 0 spiro atoms. The van der Waals surface area contributed by atoms with Crippen molar-refractivity contribution in [2.75, 3.05) is 6.54 Å². The lowest BCUT2D eigenvalue weighted by Crippen LogP contribution is -2.27. The number of carbonyl (C=O) groups is 1. The Kier molecular flexibility index (Phi) is 6.19. The van der Waals surface area contributed by atoms with Gasteiger partial charge < -0.3 is 5.32 Å². The molecule has 2 nitrogen and oxygen atoms in total. The maximum absolute atomic E-state index is 12.1. The second kappa shape index (κ2) is 8.14. The molecular weight excluding hydrogens is 294 g/mol. The molecule has 1 amide bonds. The van der Waals surface area contributed by atoms with Gasteiger partial charge >= 0.3 is 0 Å². The second-order valence-electron chi connectivity index (χ2n) is 7.56. The van der Waals surface area contributed by atoms with E-state index in [9.17, 15) is 4.79 Å². The van der Waals surface area contributed by atoms with Gasteiger partial charge in [-0.05, 0) is 34.4 Å². The minimum Gasteiger partial charge on any atom is -0.355 e. The SMILES string of the molecule is CC(CNC(=O)CCc1ccc(C(C)(C)C)cc1)c1ccccc1. The highest BCUT2D eigenvalue weighted by Gasteiger charge is 2.13. The van der Waals surface area contributed by atoms with Gasteiger partial charge in [0.15, 0.2) is 0 Å². The lowest BCUT2D eigenvalue weighted by Gasteiger charge is -2.19. The third kappa shape index (κ3) is 5.52. The molecule has 0 fully saturated rings. The van der Waals surface area contributed by atoms with Crippen molar-refractivity contribution in [3.8, 4) is 0 Å². The Hall–Kier alpha value is -2.09. The maximum atomic E-state index is 12.1. The first-order valence-electron chi connectivity index (χ1n) is 8.77. The van der Waals surface area contributed by atoms with Crippen molar-refractivity contribution in [1.82, 2.24) is 5.32 Å². The highest BCUT2D eigenvalue weighted by Crippen LogP contribution is 2.22. The molecule has 1 unspecified atom stereocenters. The van der Waals surface area contributed by atoms with Crippen LogP contribution in [0.1, 0.15) is 56.7 Å². The molecule has 1 N–H and O–H groups in total. The van der Waals surface area contributed by atoms with Crippen molar-refractivity contribution in [2.45, 2.75) is 51.9 Å². The fourth-order valence-electron chi connectivity index (χ4n) is 2.68. The largest absolute Gasteiger partial charge is 0.355 e. The van der Waals surface area contributed by atoms with Crippen molar-refractivity contribution in [1.29, 1.82) is 0 Å². The van der Waals surface area contributed by atoms with Crippen molar-refractivity contribution in [3.63, 3.8) is 0 Å². The van der Waals surface area contributed by atoms with E-state index in [1.807, 2.05) is 18.2 Å². The molecular formula is C22H29NO. The first kappa shape index (κ1) is 18.3. The van der Waals surface area contributed by atoms with Crippen molar-refractivity contribution in [2.24, 2.45) is 0 Å². The molecule has 0 bridgehead atoms. The monoisotopic (exact) mass is 323 g/mol. The topological polar surface area (TPSA) is 29.1 Å². The average molecular weight is 323 g/mol. The number of rotatable bonds is 6. The molecule has 0 aliphatic carbocycles. The first-order valence-corrected chi connectivity index (χ1v) is 8.77. The number of aryl methyl sites for hydroxylation is 1. The van der Waals surface area contributed by atoms with Crippen LogP contribution in [0.25, 0.3) is 0 Å². The van der Waals surface area contributed by atoms with Crippen LogP contribution in [0.5, 0.6) is 0 Å². The van der Waals surface area contributed by atoms with E-state index in [0.29, 0.717) is 18.9 Å². The zero-order valence-electron chi connectivity index (χ0n) is 15.3. The summed E-state index contributed by atoms with van der Waals surface area (Å²) >= 11 is 0. The van der Waals surface area contributed by atoms with Crippen LogP contribution >= 0.6 is 0 Å². The van der Waals surface area contributed by atoms with E-state index >= 15 is 0 Å². The van der Waals surface area contributed by atoms with Gasteiger partial charge in [-0.2, -0.15) is 0 Å². The Morgan fingerprint density at radius 1 is 1.00 bits per heavy atom. The normalized spacial score (nSPS) is 12.7. The highest BCUT2D eigenvalue weighted by atomic mass is 16.1. The average Bonchev–Trinajstić information content (AvgIpc) is 2.58. The predicted octanol–water partition coefficient (Wildman–Crippen LogP) is 4.84. The predicted molar refractivity (Wildman–Crippen MR) is 101 cm³/mol. The fourth-order valence-corrected chi connectivity index (χ4v) is 2.68. The van der Waals surface area contributed by atoms with Gasteiger partial charge in [-0.1, -0.05) is 82.3 Å². The van der Waals surface area contributed by atoms with Gasteiger partial charge in [-0.15, -0.1) is 0 Å². The number of hydrogen-bond acceptors (Lipinski definition) is 1. The summed E-state index contributed by atoms with van der Waals surface area (Å²) in [7, 11) is 0. The van der Waals surface area contributed by atoms with Gasteiger partial charge in [-0.25, -0.2) is 0 Å². The molecule has 24 heavy (non-hydrogen) atoms. The molecule has 0 aliphatic heterocycles. The van der Waals surface area contributed by atoms with Crippen LogP contribution in [0.2, 0.25) is 0 Å². The molecule has 0 saturated heterocycles. The number of amides is 1. The molecule has 1 atom stereocenters. The molecule has 0 radical (unpaired) electrons. The summed E-state index contributed by atoms with van der Waals surface area (Å²) in [6.07, 6.45) is 1.33. The van der Waals surface area contributed by atoms with Crippen LogP contribution in [-0.4, -0.2) is 12.5 Å². The summed E-state index contributed by atoms with van der Waals surface area (Å²) in [6, 6.07) is 18.9. The Balaban J connectivity index is 1.77. The van der Waals surface area contributed by atoms with E-state index in [-0.39, 0.29) is 11.3 Å². The van der Waals surface area contributed by atoms with Gasteiger partial charge in [0, 0.05) is 13.0 Å². The Labute approximate surface area is 146 Å². The van der Waals surface area contributed by atoms with E-state index < -0.39 is 0 Å². The van der Waals surface area contributed by atoms with Crippen LogP contribution in [0, 0.1) is 0 Å². The zero-order valence-corrected chi connectivity index (χ0v) is 15.3. The standard InChI is InChI=1S/C22H29NO/c1-17(19-8-6-5-7-9-19)16-23-21(24)15-12-18-10-13-20(14-11-18)22(2,3)4/h5-11,13-14,17H,12,15-16H2,1-4H3,(H,23,24). The fraction of sp³-hybridized carbons (Fsp3) is 0.409. The van der Waals surface area contributed by atoms with Gasteiger partial charge in [0.1, 0.15) is 0 Å². The van der Waals surface area contributed by atoms with Gasteiger partial charge in [-0.3, -0.25) is 4.79 Å². The Bertz CT molecular complexity index is 638. The molecule has 2 heteroatoms. The summed E-state index contributed by atoms with van der Waals surface area (Å²) < 4.78 is 0. The lowest BCUT2D eigenvalue weighted by atomic mass is 9.86. The summed E-state index contributed by atoms with van der Waals surface area (Å²) in [5, 5.41) is 3.05. The van der Waals surface area contributed by atoms with Gasteiger partial charge in [0.2, 0.25) is 5.91 Å². The first-order chi connectivity index (χ1) is 11.4. The van der Waals surface area contributed by atoms with E-state index in [0.717, 1.165) is 6.42 Å². The van der Waals surface area contributed by atoms with Crippen LogP contribution in [0.3, 0.4) is 0 Å². The van der Waals surface area contributed by atoms with Gasteiger partial charge in [0.25, 0.3) is 0 Å². The summed E-state index contributed by atoms with van der Waals surface area (Å²) in [6.45, 7) is 9.46. The molecule has 0 saturated carbocycles. The van der Waals surface area contributed by atoms with Crippen molar-refractivity contribution >= 4 is 5.91 Å². The Morgan fingerprint density at radius 3 is 2.21 bits per heavy atom. The van der Waals surface area contributed by atoms with Crippen LogP contribution in [-0.2, 0) is 16.6 Å². The molecule has 2 rings (SSSR count). The van der Waals surface area contributed by atoms with E-state index in [4.69, 9.17) is 0 Å². The molecule has 0 aliphatic rings. The minimum atomic E-state index is 0.123. The van der Waals surface area contributed by atoms with Crippen LogP contribution in [0.4, 0.5) is 0 Å². The van der Waals surface area contributed by atoms with E-state index in [2.05, 4.69) is 69.4 Å². The number of nitrogens with one attached hydrogen (secondary N) is 1. The van der Waals surface area contributed by atoms with E-state index in [1.165, 1.54) is 16.7 Å². The molecule has 128 valence electrons. The maximum Gasteiger partial charge on any atom is 0.220 e. The quantitative estimate of drug-likeness (QED) is 0.810. The second-order valence-corrected chi connectivity index (χ2v) is 7.56. The summed E-state index contributed by atoms with van der Waals surface area (Å²) in [4.78, 5) is 12.1.